The summed E-state index contributed by atoms with van der Waals surface area (Å²) in [5.41, 5.74) is 1.31. The second-order valence-corrected chi connectivity index (χ2v) is 6.28. The number of anilines is 1. The molecule has 0 aliphatic carbocycles. The van der Waals surface area contributed by atoms with Crippen LogP contribution in [0.25, 0.3) is 10.9 Å². The first kappa shape index (κ1) is 13.5. The van der Waals surface area contributed by atoms with Crippen LogP contribution in [0.1, 0.15) is 12.8 Å². The molecule has 1 spiro atoms. The Hall–Kier alpha value is -2.21. The first-order valence-electron chi connectivity index (χ1n) is 7.23. The molecule has 6 nitrogen and oxygen atoms in total. The maximum absolute atomic E-state index is 12.0. The Balaban J connectivity index is 1.62. The van der Waals surface area contributed by atoms with E-state index in [0.29, 0.717) is 31.0 Å². The summed E-state index contributed by atoms with van der Waals surface area (Å²) in [5.74, 6) is -0.213. The van der Waals surface area contributed by atoms with E-state index < -0.39 is 11.6 Å². The number of nitrogens with zero attached hydrogens (tertiary/aromatic N) is 1. The van der Waals surface area contributed by atoms with Crippen molar-refractivity contribution < 1.29 is 9.59 Å². The molecule has 0 atom stereocenters. The zero-order chi connectivity index (χ0) is 15.3. The number of amides is 3. The summed E-state index contributed by atoms with van der Waals surface area (Å²) in [6.07, 6.45) is 3.06. The number of carbonyl (C=O) groups excluding carboxylic acids is 2. The van der Waals surface area contributed by atoms with Gasteiger partial charge in [-0.2, -0.15) is 0 Å². The van der Waals surface area contributed by atoms with Crippen molar-refractivity contribution in [2.24, 2.45) is 0 Å². The van der Waals surface area contributed by atoms with Crippen LogP contribution >= 0.6 is 11.6 Å². The van der Waals surface area contributed by atoms with E-state index in [2.05, 4.69) is 20.5 Å². The Bertz CT molecular complexity index is 777. The van der Waals surface area contributed by atoms with Crippen LogP contribution in [0.15, 0.2) is 24.4 Å². The third kappa shape index (κ3) is 1.94. The third-order valence-corrected chi connectivity index (χ3v) is 4.80. The molecule has 3 heterocycles. The topological polar surface area (TPSA) is 77.2 Å². The van der Waals surface area contributed by atoms with Crippen LogP contribution in [0.5, 0.6) is 0 Å². The fourth-order valence-electron chi connectivity index (χ4n) is 3.38. The monoisotopic (exact) mass is 318 g/mol. The Kier molecular flexibility index (Phi) is 2.84. The molecule has 2 aromatic rings. The number of benzene rings is 1. The van der Waals surface area contributed by atoms with Crippen LogP contribution < -0.4 is 15.5 Å². The number of urea groups is 1. The summed E-state index contributed by atoms with van der Waals surface area (Å²) in [6, 6.07) is 5.48. The lowest BCUT2D eigenvalue weighted by molar-refractivity contribution is -0.124. The van der Waals surface area contributed by atoms with Crippen LogP contribution in [0, 0.1) is 0 Å². The lowest BCUT2D eigenvalue weighted by Gasteiger charge is -2.38. The molecule has 22 heavy (non-hydrogen) atoms. The molecule has 2 aliphatic rings. The van der Waals surface area contributed by atoms with Gasteiger partial charge in [-0.3, -0.25) is 10.1 Å². The number of halogens is 1. The van der Waals surface area contributed by atoms with Crippen LogP contribution in [0.4, 0.5) is 10.5 Å². The Morgan fingerprint density at radius 1 is 1.18 bits per heavy atom. The average molecular weight is 319 g/mol. The number of aromatic amines is 1. The van der Waals surface area contributed by atoms with Gasteiger partial charge in [0.25, 0.3) is 5.91 Å². The van der Waals surface area contributed by atoms with Crippen molar-refractivity contribution in [2.75, 3.05) is 18.0 Å². The normalized spacial score (nSPS) is 20.5. The van der Waals surface area contributed by atoms with Crippen LogP contribution in [0.3, 0.4) is 0 Å². The molecule has 2 aliphatic heterocycles. The van der Waals surface area contributed by atoms with Crippen LogP contribution in [-0.4, -0.2) is 35.6 Å². The summed E-state index contributed by atoms with van der Waals surface area (Å²) in [6.45, 7) is 1.38. The number of piperidine rings is 1. The molecule has 1 aromatic carbocycles. The minimum atomic E-state index is -0.747. The second kappa shape index (κ2) is 4.64. The van der Waals surface area contributed by atoms with Crippen molar-refractivity contribution in [3.63, 3.8) is 0 Å². The number of carbonyl (C=O) groups is 2. The van der Waals surface area contributed by atoms with E-state index >= 15 is 0 Å². The van der Waals surface area contributed by atoms with Crippen LogP contribution in [-0.2, 0) is 4.79 Å². The smallest absolute Gasteiger partial charge is 0.322 e. The third-order valence-electron chi connectivity index (χ3n) is 4.58. The number of imide groups is 1. The van der Waals surface area contributed by atoms with Gasteiger partial charge in [0.05, 0.1) is 0 Å². The fraction of sp³-hybridized carbons (Fsp3) is 0.333. The molecule has 4 rings (SSSR count). The lowest BCUT2D eigenvalue weighted by Crippen LogP contribution is -2.54. The Labute approximate surface area is 131 Å². The van der Waals surface area contributed by atoms with Gasteiger partial charge in [0, 0.05) is 40.9 Å². The van der Waals surface area contributed by atoms with Gasteiger partial charge in [-0.05, 0) is 31.0 Å². The number of nitrogens with one attached hydrogen (secondary N) is 3. The Morgan fingerprint density at radius 3 is 2.64 bits per heavy atom. The van der Waals surface area contributed by atoms with E-state index in [1.165, 1.54) is 0 Å². The van der Waals surface area contributed by atoms with Crippen molar-refractivity contribution in [2.45, 2.75) is 18.4 Å². The van der Waals surface area contributed by atoms with Crippen molar-refractivity contribution >= 4 is 40.1 Å². The second-order valence-electron chi connectivity index (χ2n) is 5.84. The largest absolute Gasteiger partial charge is 0.371 e. The summed E-state index contributed by atoms with van der Waals surface area (Å²) in [5, 5.41) is 6.90. The standard InChI is InChI=1S/C15H15ClN4O2/c16-9-7-11-10(1-4-17-11)12(8-9)20-5-2-15(3-6-20)13(21)18-14(22)19-15/h1,4,7-8,17H,2-3,5-6H2,(H2,18,19,21,22). The fourth-order valence-corrected chi connectivity index (χ4v) is 3.60. The van der Waals surface area contributed by atoms with E-state index in [1.54, 1.807) is 0 Å². The molecule has 0 unspecified atom stereocenters. The molecule has 114 valence electrons. The maximum Gasteiger partial charge on any atom is 0.322 e. The molecule has 1 aromatic heterocycles. The summed E-state index contributed by atoms with van der Waals surface area (Å²) < 4.78 is 0. The number of fused-ring (bicyclic) bond motifs is 1. The number of rotatable bonds is 1. The highest BCUT2D eigenvalue weighted by Gasteiger charge is 2.47. The van der Waals surface area contributed by atoms with Gasteiger partial charge < -0.3 is 15.2 Å². The van der Waals surface area contributed by atoms with Gasteiger partial charge >= 0.3 is 6.03 Å². The minimum Gasteiger partial charge on any atom is -0.371 e. The summed E-state index contributed by atoms with van der Waals surface area (Å²) in [4.78, 5) is 28.8. The van der Waals surface area contributed by atoms with Gasteiger partial charge in [-0.15, -0.1) is 0 Å². The van der Waals surface area contributed by atoms with Gasteiger partial charge in [0.1, 0.15) is 5.54 Å². The number of hydrogen-bond acceptors (Lipinski definition) is 3. The number of aromatic nitrogens is 1. The molecule has 3 N–H and O–H groups in total. The van der Waals surface area contributed by atoms with E-state index in [-0.39, 0.29) is 5.91 Å². The summed E-state index contributed by atoms with van der Waals surface area (Å²) in [7, 11) is 0. The van der Waals surface area contributed by atoms with Crippen LogP contribution in [0.2, 0.25) is 5.02 Å². The predicted octanol–water partition coefficient (Wildman–Crippen LogP) is 2.00. The zero-order valence-corrected chi connectivity index (χ0v) is 12.5. The molecule has 3 amide bonds. The van der Waals surface area contributed by atoms with E-state index in [0.717, 1.165) is 16.6 Å². The zero-order valence-electron chi connectivity index (χ0n) is 11.8. The highest BCUT2D eigenvalue weighted by atomic mass is 35.5. The highest BCUT2D eigenvalue weighted by molar-refractivity contribution is 6.31. The SMILES string of the molecule is O=C1NC(=O)C2(CCN(c3cc(Cl)cc4[nH]ccc34)CC2)N1. The number of H-pyrrole nitrogens is 1. The van der Waals surface area contributed by atoms with E-state index in [1.807, 2.05) is 24.4 Å². The molecule has 2 fully saturated rings. The Morgan fingerprint density at radius 2 is 1.95 bits per heavy atom. The first-order chi connectivity index (χ1) is 10.6. The van der Waals surface area contributed by atoms with E-state index in [4.69, 9.17) is 11.6 Å². The quantitative estimate of drug-likeness (QED) is 0.704. The summed E-state index contributed by atoms with van der Waals surface area (Å²) >= 11 is 6.20. The van der Waals surface area contributed by atoms with Crippen molar-refractivity contribution in [1.29, 1.82) is 0 Å². The highest BCUT2D eigenvalue weighted by Crippen LogP contribution is 2.34. The predicted molar refractivity (Wildman–Crippen MR) is 84.2 cm³/mol. The van der Waals surface area contributed by atoms with Crippen molar-refractivity contribution in [3.8, 4) is 0 Å². The van der Waals surface area contributed by atoms with Gasteiger partial charge in [0.15, 0.2) is 0 Å². The van der Waals surface area contributed by atoms with E-state index in [9.17, 15) is 9.59 Å². The first-order valence-corrected chi connectivity index (χ1v) is 7.60. The van der Waals surface area contributed by atoms with Crippen molar-refractivity contribution in [1.82, 2.24) is 15.6 Å². The molecule has 2 saturated heterocycles. The molecular formula is C15H15ClN4O2. The minimum absolute atomic E-state index is 0.213. The van der Waals surface area contributed by atoms with Gasteiger partial charge in [-0.1, -0.05) is 11.6 Å². The maximum atomic E-state index is 12.0. The number of hydrogen-bond donors (Lipinski definition) is 3. The molecule has 0 radical (unpaired) electrons. The van der Waals surface area contributed by atoms with Gasteiger partial charge in [-0.25, -0.2) is 4.79 Å². The molecule has 0 bridgehead atoms. The van der Waals surface area contributed by atoms with Gasteiger partial charge in [0.2, 0.25) is 0 Å². The molecule has 0 saturated carbocycles. The van der Waals surface area contributed by atoms with Crippen molar-refractivity contribution in [3.05, 3.63) is 29.4 Å². The molecule has 7 heteroatoms. The average Bonchev–Trinajstić information content (AvgIpc) is 3.04. The molecular weight excluding hydrogens is 304 g/mol. The lowest BCUT2D eigenvalue weighted by atomic mass is 9.87.